The van der Waals surface area contributed by atoms with Crippen molar-refractivity contribution < 1.29 is 4.92 Å². The van der Waals surface area contributed by atoms with Crippen LogP contribution in [0.2, 0.25) is 0 Å². The number of nitrogens with zero attached hydrogens (tertiary/aromatic N) is 3. The highest BCUT2D eigenvalue weighted by Crippen LogP contribution is 2.22. The predicted octanol–water partition coefficient (Wildman–Crippen LogP) is 3.47. The van der Waals surface area contributed by atoms with E-state index in [1.54, 1.807) is 19.1 Å². The topological polar surface area (TPSA) is 73.0 Å². The van der Waals surface area contributed by atoms with Crippen molar-refractivity contribution in [2.45, 2.75) is 39.8 Å². The van der Waals surface area contributed by atoms with Gasteiger partial charge in [0.25, 0.3) is 5.69 Å². The lowest BCUT2D eigenvalue weighted by atomic mass is 10.1. The molecular weight excluding hydrogens is 268 g/mol. The first-order valence-electron chi connectivity index (χ1n) is 6.80. The molecular formula is C15H20N4O2. The average molecular weight is 288 g/mol. The van der Waals surface area contributed by atoms with Crippen LogP contribution in [-0.2, 0) is 12.1 Å². The fourth-order valence-corrected chi connectivity index (χ4v) is 1.99. The Balaban J connectivity index is 2.05. The first kappa shape index (κ1) is 15.0. The van der Waals surface area contributed by atoms with Gasteiger partial charge in [-0.3, -0.25) is 14.8 Å². The van der Waals surface area contributed by atoms with E-state index in [4.69, 9.17) is 0 Å². The number of hydrogen-bond donors (Lipinski definition) is 1. The minimum Gasteiger partial charge on any atom is -0.381 e. The Hall–Kier alpha value is -2.37. The number of rotatable bonds is 4. The summed E-state index contributed by atoms with van der Waals surface area (Å²) in [5.74, 6) is 0. The zero-order chi connectivity index (χ0) is 15.6. The van der Waals surface area contributed by atoms with E-state index in [1.165, 1.54) is 6.07 Å². The maximum absolute atomic E-state index is 10.8. The van der Waals surface area contributed by atoms with Crippen LogP contribution in [0.1, 0.15) is 31.9 Å². The molecule has 2 rings (SSSR count). The fraction of sp³-hybridized carbons (Fsp3) is 0.400. The molecule has 0 aliphatic heterocycles. The number of nitro groups is 1. The van der Waals surface area contributed by atoms with Gasteiger partial charge in [-0.05, 0) is 39.8 Å². The second kappa shape index (κ2) is 5.55. The van der Waals surface area contributed by atoms with Gasteiger partial charge in [-0.25, -0.2) is 0 Å². The molecule has 0 atom stereocenters. The summed E-state index contributed by atoms with van der Waals surface area (Å²) in [6.07, 6.45) is 3.84. The molecule has 0 amide bonds. The van der Waals surface area contributed by atoms with Gasteiger partial charge in [0.05, 0.1) is 16.7 Å². The molecule has 0 spiro atoms. The second-order valence-electron chi connectivity index (χ2n) is 6.08. The van der Waals surface area contributed by atoms with Crippen LogP contribution in [0.3, 0.4) is 0 Å². The van der Waals surface area contributed by atoms with Crippen molar-refractivity contribution >= 4 is 11.4 Å². The van der Waals surface area contributed by atoms with Gasteiger partial charge in [-0.1, -0.05) is 0 Å². The lowest BCUT2D eigenvalue weighted by Crippen LogP contribution is -2.21. The number of nitrogens with one attached hydrogen (secondary N) is 1. The molecule has 0 aliphatic carbocycles. The Kier molecular flexibility index (Phi) is 3.97. The summed E-state index contributed by atoms with van der Waals surface area (Å²) in [7, 11) is 0. The van der Waals surface area contributed by atoms with E-state index >= 15 is 0 Å². The highest BCUT2D eigenvalue weighted by atomic mass is 16.6. The van der Waals surface area contributed by atoms with Crippen molar-refractivity contribution in [2.24, 2.45) is 0 Å². The fourth-order valence-electron chi connectivity index (χ4n) is 1.99. The highest BCUT2D eigenvalue weighted by Gasteiger charge is 2.14. The van der Waals surface area contributed by atoms with Crippen molar-refractivity contribution in [1.82, 2.24) is 9.78 Å². The average Bonchev–Trinajstić information content (AvgIpc) is 2.84. The van der Waals surface area contributed by atoms with E-state index in [-0.39, 0.29) is 16.1 Å². The maximum atomic E-state index is 10.8. The van der Waals surface area contributed by atoms with Crippen molar-refractivity contribution in [1.29, 1.82) is 0 Å². The minimum absolute atomic E-state index is 0.0395. The Labute approximate surface area is 123 Å². The molecule has 1 aromatic heterocycles. The molecule has 1 aromatic carbocycles. The van der Waals surface area contributed by atoms with Gasteiger partial charge < -0.3 is 5.32 Å². The van der Waals surface area contributed by atoms with Gasteiger partial charge in [0.15, 0.2) is 0 Å². The van der Waals surface area contributed by atoms with Crippen LogP contribution < -0.4 is 5.32 Å². The third-order valence-corrected chi connectivity index (χ3v) is 3.21. The summed E-state index contributed by atoms with van der Waals surface area (Å²) in [5, 5.41) is 18.4. The maximum Gasteiger partial charge on any atom is 0.272 e. The highest BCUT2D eigenvalue weighted by molar-refractivity contribution is 5.53. The largest absolute Gasteiger partial charge is 0.381 e. The van der Waals surface area contributed by atoms with Crippen LogP contribution in [-0.4, -0.2) is 14.7 Å². The summed E-state index contributed by atoms with van der Waals surface area (Å²) in [6, 6.07) is 5.03. The molecule has 2 aromatic rings. The van der Waals surface area contributed by atoms with Gasteiger partial charge in [0, 0.05) is 35.6 Å². The molecule has 6 nitrogen and oxygen atoms in total. The third kappa shape index (κ3) is 3.59. The molecule has 0 fully saturated rings. The summed E-state index contributed by atoms with van der Waals surface area (Å²) < 4.78 is 1.92. The van der Waals surface area contributed by atoms with E-state index in [0.717, 1.165) is 11.3 Å². The summed E-state index contributed by atoms with van der Waals surface area (Å²) in [5.41, 5.74) is 2.68. The smallest absolute Gasteiger partial charge is 0.272 e. The number of aryl methyl sites for hydroxylation is 1. The van der Waals surface area contributed by atoms with E-state index in [0.29, 0.717) is 12.1 Å². The number of benzene rings is 1. The lowest BCUT2D eigenvalue weighted by Gasteiger charge is -2.18. The molecule has 0 unspecified atom stereocenters. The van der Waals surface area contributed by atoms with Crippen LogP contribution >= 0.6 is 0 Å². The molecule has 6 heteroatoms. The normalized spacial score (nSPS) is 11.4. The summed E-state index contributed by atoms with van der Waals surface area (Å²) >= 11 is 0. The molecule has 0 bridgehead atoms. The van der Waals surface area contributed by atoms with Crippen LogP contribution in [0.25, 0.3) is 0 Å². The molecule has 21 heavy (non-hydrogen) atoms. The number of hydrogen-bond acceptors (Lipinski definition) is 4. The zero-order valence-electron chi connectivity index (χ0n) is 12.8. The Morgan fingerprint density at radius 3 is 2.62 bits per heavy atom. The van der Waals surface area contributed by atoms with Gasteiger partial charge in [0.2, 0.25) is 0 Å². The van der Waals surface area contributed by atoms with Gasteiger partial charge in [-0.2, -0.15) is 5.10 Å². The Morgan fingerprint density at radius 2 is 2.10 bits per heavy atom. The molecule has 0 radical (unpaired) electrons. The standard InChI is InChI=1S/C15H20N4O2/c1-11-7-13(5-6-14(11)19(20)21)16-8-12-9-17-18(10-12)15(2,3)4/h5-7,9-10,16H,8H2,1-4H3. The minimum atomic E-state index is -0.369. The van der Waals surface area contributed by atoms with Crippen LogP contribution in [0, 0.1) is 17.0 Å². The molecule has 0 saturated carbocycles. The number of nitro benzene ring substituents is 1. The first-order chi connectivity index (χ1) is 9.77. The van der Waals surface area contributed by atoms with E-state index in [9.17, 15) is 10.1 Å². The van der Waals surface area contributed by atoms with Crippen molar-refractivity contribution in [2.75, 3.05) is 5.32 Å². The Morgan fingerprint density at radius 1 is 1.38 bits per heavy atom. The molecule has 0 aliphatic rings. The molecule has 0 saturated heterocycles. The van der Waals surface area contributed by atoms with Crippen LogP contribution in [0.5, 0.6) is 0 Å². The van der Waals surface area contributed by atoms with E-state index < -0.39 is 0 Å². The predicted molar refractivity (Wildman–Crippen MR) is 82.4 cm³/mol. The van der Waals surface area contributed by atoms with Gasteiger partial charge in [0.1, 0.15) is 0 Å². The quantitative estimate of drug-likeness (QED) is 0.690. The van der Waals surface area contributed by atoms with E-state index in [1.807, 2.05) is 17.1 Å². The molecule has 1 heterocycles. The van der Waals surface area contributed by atoms with Crippen LogP contribution in [0.4, 0.5) is 11.4 Å². The van der Waals surface area contributed by atoms with E-state index in [2.05, 4.69) is 31.2 Å². The van der Waals surface area contributed by atoms with Crippen molar-refractivity contribution in [3.63, 3.8) is 0 Å². The van der Waals surface area contributed by atoms with Gasteiger partial charge in [-0.15, -0.1) is 0 Å². The SMILES string of the molecule is Cc1cc(NCc2cnn(C(C)(C)C)c2)ccc1[N+](=O)[O-]. The lowest BCUT2D eigenvalue weighted by molar-refractivity contribution is -0.385. The van der Waals surface area contributed by atoms with Crippen molar-refractivity contribution in [3.8, 4) is 0 Å². The second-order valence-corrected chi connectivity index (χ2v) is 6.08. The molecule has 112 valence electrons. The third-order valence-electron chi connectivity index (χ3n) is 3.21. The summed E-state index contributed by atoms with van der Waals surface area (Å²) in [4.78, 5) is 10.4. The Bertz CT molecular complexity index is 656. The monoisotopic (exact) mass is 288 g/mol. The first-order valence-corrected chi connectivity index (χ1v) is 6.80. The number of anilines is 1. The zero-order valence-corrected chi connectivity index (χ0v) is 12.8. The molecule has 1 N–H and O–H groups in total. The summed E-state index contributed by atoms with van der Waals surface area (Å²) in [6.45, 7) is 8.65. The van der Waals surface area contributed by atoms with Crippen LogP contribution in [0.15, 0.2) is 30.6 Å². The van der Waals surface area contributed by atoms with Crippen molar-refractivity contribution in [3.05, 3.63) is 51.8 Å². The van der Waals surface area contributed by atoms with Gasteiger partial charge >= 0.3 is 0 Å². The number of aromatic nitrogens is 2.